The fourth-order valence-electron chi connectivity index (χ4n) is 3.92. The van der Waals surface area contributed by atoms with Crippen molar-refractivity contribution in [2.24, 2.45) is 0 Å². The average molecular weight is 480 g/mol. The first-order valence-electron chi connectivity index (χ1n) is 11.3. The van der Waals surface area contributed by atoms with Crippen molar-refractivity contribution in [3.8, 4) is 16.2 Å². The summed E-state index contributed by atoms with van der Waals surface area (Å²) >= 11 is 1.51. The van der Waals surface area contributed by atoms with Crippen LogP contribution >= 0.6 is 11.3 Å². The molecule has 33 heavy (non-hydrogen) atoms. The molecule has 0 unspecified atom stereocenters. The summed E-state index contributed by atoms with van der Waals surface area (Å²) in [6, 6.07) is 24.2. The molecule has 0 amide bonds. The second-order valence-corrected chi connectivity index (χ2v) is 10.8. The standard InChI is InChI=1S/C27H29NO3S2/c1-3-28(4-2)19-10-20-31-22-15-17-23(18-16-22)33(29,30)27-24-13-8-9-14-25(24)32-26(27)21-11-6-5-7-12-21/h5-9,11-18H,3-4,10,19-20H2,1-2H3. The van der Waals surface area contributed by atoms with E-state index in [4.69, 9.17) is 4.74 Å². The summed E-state index contributed by atoms with van der Waals surface area (Å²) in [5.41, 5.74) is 0.908. The van der Waals surface area contributed by atoms with Gasteiger partial charge in [-0.1, -0.05) is 62.4 Å². The predicted molar refractivity (Wildman–Crippen MR) is 137 cm³/mol. The zero-order chi connectivity index (χ0) is 23.3. The summed E-state index contributed by atoms with van der Waals surface area (Å²) in [4.78, 5) is 3.78. The maximum Gasteiger partial charge on any atom is 0.208 e. The summed E-state index contributed by atoms with van der Waals surface area (Å²) in [7, 11) is -3.71. The van der Waals surface area contributed by atoms with Gasteiger partial charge in [-0.2, -0.15) is 0 Å². The normalized spacial score (nSPS) is 11.8. The van der Waals surface area contributed by atoms with Crippen LogP contribution in [0.2, 0.25) is 0 Å². The number of sulfone groups is 1. The second-order valence-electron chi connectivity index (χ2n) is 7.83. The molecule has 4 nitrogen and oxygen atoms in total. The zero-order valence-corrected chi connectivity index (χ0v) is 20.7. The van der Waals surface area contributed by atoms with E-state index in [0.717, 1.165) is 46.6 Å². The molecule has 0 saturated heterocycles. The Bertz CT molecular complexity index is 1290. The van der Waals surface area contributed by atoms with Gasteiger partial charge in [-0.15, -0.1) is 11.3 Å². The second kappa shape index (κ2) is 10.5. The number of ether oxygens (including phenoxy) is 1. The number of hydrogen-bond acceptors (Lipinski definition) is 5. The summed E-state index contributed by atoms with van der Waals surface area (Å²) < 4.78 is 34.4. The van der Waals surface area contributed by atoms with Crippen molar-refractivity contribution >= 4 is 31.3 Å². The van der Waals surface area contributed by atoms with Crippen molar-refractivity contribution in [3.05, 3.63) is 78.9 Å². The Labute approximate surface area is 200 Å². The van der Waals surface area contributed by atoms with Crippen LogP contribution < -0.4 is 4.74 Å². The molecule has 4 rings (SSSR count). The lowest BCUT2D eigenvalue weighted by molar-refractivity contribution is 0.249. The van der Waals surface area contributed by atoms with E-state index >= 15 is 0 Å². The van der Waals surface area contributed by atoms with E-state index in [2.05, 4.69) is 18.7 Å². The van der Waals surface area contributed by atoms with Crippen LogP contribution in [-0.4, -0.2) is 39.6 Å². The molecule has 0 aliphatic rings. The summed E-state index contributed by atoms with van der Waals surface area (Å²) in [6.45, 7) is 7.98. The fraction of sp³-hybridized carbons (Fsp3) is 0.259. The van der Waals surface area contributed by atoms with Crippen LogP contribution in [-0.2, 0) is 9.84 Å². The van der Waals surface area contributed by atoms with Crippen LogP contribution in [0.3, 0.4) is 0 Å². The van der Waals surface area contributed by atoms with Crippen molar-refractivity contribution in [1.82, 2.24) is 4.90 Å². The number of fused-ring (bicyclic) bond motifs is 1. The van der Waals surface area contributed by atoms with Crippen LogP contribution in [0.1, 0.15) is 20.3 Å². The fourth-order valence-corrected chi connectivity index (χ4v) is 7.10. The van der Waals surface area contributed by atoms with Crippen molar-refractivity contribution in [2.45, 2.75) is 30.1 Å². The molecule has 0 saturated carbocycles. The molecule has 0 fully saturated rings. The first-order chi connectivity index (χ1) is 16.0. The van der Waals surface area contributed by atoms with Gasteiger partial charge in [-0.3, -0.25) is 0 Å². The Morgan fingerprint density at radius 1 is 0.848 bits per heavy atom. The zero-order valence-electron chi connectivity index (χ0n) is 19.0. The molecule has 4 aromatic rings. The van der Waals surface area contributed by atoms with Gasteiger partial charge in [0.2, 0.25) is 9.84 Å². The highest BCUT2D eigenvalue weighted by Gasteiger charge is 2.27. The first-order valence-corrected chi connectivity index (χ1v) is 13.6. The minimum Gasteiger partial charge on any atom is -0.494 e. The Hall–Kier alpha value is -2.67. The Morgan fingerprint density at radius 3 is 2.21 bits per heavy atom. The molecule has 0 N–H and O–H groups in total. The maximum absolute atomic E-state index is 13.8. The molecule has 0 aliphatic heterocycles. The first kappa shape index (κ1) is 23.5. The molecule has 1 heterocycles. The molecule has 172 valence electrons. The Kier molecular flexibility index (Phi) is 7.48. The number of benzene rings is 3. The molecule has 1 aromatic heterocycles. The van der Waals surface area contributed by atoms with Gasteiger partial charge in [-0.05, 0) is 55.4 Å². The Balaban J connectivity index is 1.60. The van der Waals surface area contributed by atoms with Gasteiger partial charge in [0.15, 0.2) is 0 Å². The van der Waals surface area contributed by atoms with Gasteiger partial charge < -0.3 is 9.64 Å². The van der Waals surface area contributed by atoms with Crippen LogP contribution in [0, 0.1) is 0 Å². The number of nitrogens with zero attached hydrogens (tertiary/aromatic N) is 1. The lowest BCUT2D eigenvalue weighted by atomic mass is 10.1. The van der Waals surface area contributed by atoms with Gasteiger partial charge in [0.1, 0.15) is 5.75 Å². The van der Waals surface area contributed by atoms with E-state index in [9.17, 15) is 8.42 Å². The third kappa shape index (κ3) is 5.13. The smallest absolute Gasteiger partial charge is 0.208 e. The van der Waals surface area contributed by atoms with Crippen molar-refractivity contribution in [1.29, 1.82) is 0 Å². The quantitative estimate of drug-likeness (QED) is 0.243. The SMILES string of the molecule is CCN(CC)CCCOc1ccc(S(=O)(=O)c2c(-c3ccccc3)sc3ccccc23)cc1. The molecule has 0 atom stereocenters. The lowest BCUT2D eigenvalue weighted by Gasteiger charge is -2.17. The van der Waals surface area contributed by atoms with Gasteiger partial charge >= 0.3 is 0 Å². The van der Waals surface area contributed by atoms with Gasteiger partial charge in [-0.25, -0.2) is 8.42 Å². The van der Waals surface area contributed by atoms with Crippen molar-refractivity contribution in [2.75, 3.05) is 26.2 Å². The van der Waals surface area contributed by atoms with Gasteiger partial charge in [0.05, 0.1) is 21.3 Å². The molecule has 0 bridgehead atoms. The predicted octanol–water partition coefficient (Wildman–Crippen LogP) is 6.51. The molecule has 0 radical (unpaired) electrons. The van der Waals surface area contributed by atoms with Crippen molar-refractivity contribution < 1.29 is 13.2 Å². The number of hydrogen-bond donors (Lipinski definition) is 0. The number of rotatable bonds is 10. The van der Waals surface area contributed by atoms with E-state index in [1.165, 1.54) is 11.3 Å². The third-order valence-corrected chi connectivity index (χ3v) is 8.97. The van der Waals surface area contributed by atoms with Gasteiger partial charge in [0, 0.05) is 16.6 Å². The summed E-state index contributed by atoms with van der Waals surface area (Å²) in [5, 5.41) is 0.762. The van der Waals surface area contributed by atoms with E-state index in [-0.39, 0.29) is 4.90 Å². The van der Waals surface area contributed by atoms with E-state index in [0.29, 0.717) is 17.3 Å². The maximum atomic E-state index is 13.8. The monoisotopic (exact) mass is 479 g/mol. The molecule has 0 spiro atoms. The highest BCUT2D eigenvalue weighted by Crippen LogP contribution is 2.43. The minimum atomic E-state index is -3.71. The van der Waals surface area contributed by atoms with Crippen LogP contribution in [0.15, 0.2) is 88.7 Å². The van der Waals surface area contributed by atoms with Crippen LogP contribution in [0.5, 0.6) is 5.75 Å². The van der Waals surface area contributed by atoms with Crippen molar-refractivity contribution in [3.63, 3.8) is 0 Å². The molecule has 3 aromatic carbocycles. The molecular weight excluding hydrogens is 450 g/mol. The lowest BCUT2D eigenvalue weighted by Crippen LogP contribution is -2.25. The largest absolute Gasteiger partial charge is 0.494 e. The summed E-state index contributed by atoms with van der Waals surface area (Å²) in [6.07, 6.45) is 0.934. The molecular formula is C27H29NO3S2. The average Bonchev–Trinajstić information content (AvgIpc) is 3.26. The topological polar surface area (TPSA) is 46.6 Å². The van der Waals surface area contributed by atoms with Crippen LogP contribution in [0.25, 0.3) is 20.5 Å². The third-order valence-electron chi connectivity index (χ3n) is 5.77. The highest BCUT2D eigenvalue weighted by atomic mass is 32.2. The van der Waals surface area contributed by atoms with E-state index < -0.39 is 9.84 Å². The molecule has 0 aliphatic carbocycles. The highest BCUT2D eigenvalue weighted by molar-refractivity contribution is 7.92. The van der Waals surface area contributed by atoms with E-state index in [1.807, 2.05) is 54.6 Å². The van der Waals surface area contributed by atoms with Gasteiger partial charge in [0.25, 0.3) is 0 Å². The number of thiophene rings is 1. The minimum absolute atomic E-state index is 0.277. The van der Waals surface area contributed by atoms with E-state index in [1.54, 1.807) is 24.3 Å². The summed E-state index contributed by atoms with van der Waals surface area (Å²) in [5.74, 6) is 0.687. The Morgan fingerprint density at radius 2 is 1.52 bits per heavy atom. The van der Waals surface area contributed by atoms with Crippen LogP contribution in [0.4, 0.5) is 0 Å². The molecule has 6 heteroatoms.